The Morgan fingerprint density at radius 3 is 2.78 bits per heavy atom. The summed E-state index contributed by atoms with van der Waals surface area (Å²) in [6, 6.07) is 8.65. The zero-order valence-corrected chi connectivity index (χ0v) is 15.9. The van der Waals surface area contributed by atoms with Crippen molar-refractivity contribution >= 4 is 5.91 Å². The zero-order chi connectivity index (χ0) is 18.6. The Kier molecular flexibility index (Phi) is 5.50. The van der Waals surface area contributed by atoms with Gasteiger partial charge in [0, 0.05) is 25.2 Å². The van der Waals surface area contributed by atoms with E-state index in [-0.39, 0.29) is 18.0 Å². The Morgan fingerprint density at radius 2 is 2.04 bits per heavy atom. The van der Waals surface area contributed by atoms with E-state index in [1.54, 1.807) is 0 Å². The van der Waals surface area contributed by atoms with Gasteiger partial charge in [0.1, 0.15) is 5.69 Å². The number of carbonyl (C=O) groups excluding carboxylic acids is 1. The van der Waals surface area contributed by atoms with Crippen LogP contribution >= 0.6 is 0 Å². The minimum atomic E-state index is -0.146. The molecule has 4 rings (SSSR count). The van der Waals surface area contributed by atoms with Gasteiger partial charge in [0.2, 0.25) is 5.91 Å². The summed E-state index contributed by atoms with van der Waals surface area (Å²) in [5.74, 6) is 0.0638. The average Bonchev–Trinajstić information content (AvgIpc) is 3.43. The van der Waals surface area contributed by atoms with Gasteiger partial charge in [-0.25, -0.2) is 4.68 Å². The largest absolute Gasteiger partial charge is 0.355 e. The summed E-state index contributed by atoms with van der Waals surface area (Å²) < 4.78 is 1.89. The molecule has 0 radical (unpaired) electrons. The van der Waals surface area contributed by atoms with E-state index in [1.165, 1.54) is 31.5 Å². The molecule has 2 atom stereocenters. The number of nitrogens with zero attached hydrogens (tertiary/aromatic N) is 4. The van der Waals surface area contributed by atoms with E-state index in [4.69, 9.17) is 0 Å². The van der Waals surface area contributed by atoms with Crippen molar-refractivity contribution in [1.29, 1.82) is 0 Å². The fourth-order valence-corrected chi connectivity index (χ4v) is 3.98. The molecule has 1 amide bonds. The second kappa shape index (κ2) is 8.19. The highest BCUT2D eigenvalue weighted by atomic mass is 16.2. The molecular weight excluding hydrogens is 340 g/mol. The number of rotatable bonds is 6. The highest BCUT2D eigenvalue weighted by Crippen LogP contribution is 2.23. The molecular formula is C20H28N6O. The van der Waals surface area contributed by atoms with E-state index in [2.05, 4.69) is 50.1 Å². The lowest BCUT2D eigenvalue weighted by Gasteiger charge is -2.14. The van der Waals surface area contributed by atoms with Gasteiger partial charge in [-0.2, -0.15) is 0 Å². The molecule has 7 heteroatoms. The Bertz CT molecular complexity index is 765. The summed E-state index contributed by atoms with van der Waals surface area (Å²) in [5.41, 5.74) is 3.31. The number of amides is 1. The Morgan fingerprint density at radius 1 is 1.26 bits per heavy atom. The lowest BCUT2D eigenvalue weighted by atomic mass is 10.1. The van der Waals surface area contributed by atoms with E-state index in [9.17, 15) is 4.79 Å². The van der Waals surface area contributed by atoms with Crippen LogP contribution in [-0.2, 0) is 11.3 Å². The van der Waals surface area contributed by atoms with E-state index in [0.29, 0.717) is 6.54 Å². The molecule has 0 bridgehead atoms. The Hall–Kier alpha value is -2.25. The minimum Gasteiger partial charge on any atom is -0.355 e. The standard InChI is InChI=1S/C20H28N6O/c1-2-21-20(27)18-11-17(12-22-18)26-14-19(23-24-26)16-7-5-15(6-8-16)13-25-9-3-4-10-25/h5-8,14,17-18,22H,2-4,9-13H2,1H3,(H,21,27)/t17-,18-/m0/s1. The number of likely N-dealkylation sites (N-methyl/N-ethyl adjacent to an activating group) is 1. The number of hydrogen-bond donors (Lipinski definition) is 2. The second-order valence-corrected chi connectivity index (χ2v) is 7.51. The molecule has 2 aliphatic rings. The number of likely N-dealkylation sites (tertiary alicyclic amines) is 1. The lowest BCUT2D eigenvalue weighted by molar-refractivity contribution is -0.122. The van der Waals surface area contributed by atoms with Crippen molar-refractivity contribution in [2.75, 3.05) is 26.2 Å². The van der Waals surface area contributed by atoms with Gasteiger partial charge >= 0.3 is 0 Å². The smallest absolute Gasteiger partial charge is 0.237 e. The molecule has 1 aromatic carbocycles. The summed E-state index contributed by atoms with van der Waals surface area (Å²) in [7, 11) is 0. The number of hydrogen-bond acceptors (Lipinski definition) is 5. The second-order valence-electron chi connectivity index (χ2n) is 7.51. The Labute approximate surface area is 160 Å². The van der Waals surface area contributed by atoms with Gasteiger partial charge in [-0.15, -0.1) is 5.10 Å². The van der Waals surface area contributed by atoms with Crippen LogP contribution in [0, 0.1) is 0 Å². The summed E-state index contributed by atoms with van der Waals surface area (Å²) in [5, 5.41) is 14.8. The topological polar surface area (TPSA) is 75.1 Å². The predicted octanol–water partition coefficient (Wildman–Crippen LogP) is 1.58. The maximum absolute atomic E-state index is 12.0. The minimum absolute atomic E-state index is 0.0638. The van der Waals surface area contributed by atoms with Crippen LogP contribution in [0.3, 0.4) is 0 Å². The van der Waals surface area contributed by atoms with Crippen molar-refractivity contribution in [2.24, 2.45) is 0 Å². The molecule has 7 nitrogen and oxygen atoms in total. The SMILES string of the molecule is CCNC(=O)[C@@H]1C[C@H](n2cc(-c3ccc(CN4CCCC4)cc3)nn2)CN1. The fraction of sp³-hybridized carbons (Fsp3) is 0.550. The molecule has 144 valence electrons. The summed E-state index contributed by atoms with van der Waals surface area (Å²) in [6.07, 6.45) is 5.36. The van der Waals surface area contributed by atoms with Gasteiger partial charge in [-0.3, -0.25) is 9.69 Å². The molecule has 2 fully saturated rings. The maximum atomic E-state index is 12.0. The van der Waals surface area contributed by atoms with Crippen molar-refractivity contribution in [1.82, 2.24) is 30.5 Å². The van der Waals surface area contributed by atoms with Gasteiger partial charge in [0.15, 0.2) is 0 Å². The predicted molar refractivity (Wildman–Crippen MR) is 104 cm³/mol. The van der Waals surface area contributed by atoms with Crippen LogP contribution in [-0.4, -0.2) is 58.0 Å². The molecule has 2 saturated heterocycles. The summed E-state index contributed by atoms with van der Waals surface area (Å²) in [4.78, 5) is 14.5. The van der Waals surface area contributed by atoms with Gasteiger partial charge in [0.25, 0.3) is 0 Å². The van der Waals surface area contributed by atoms with E-state index < -0.39 is 0 Å². The van der Waals surface area contributed by atoms with Crippen LogP contribution in [0.2, 0.25) is 0 Å². The van der Waals surface area contributed by atoms with Gasteiger partial charge < -0.3 is 10.6 Å². The maximum Gasteiger partial charge on any atom is 0.237 e. The van der Waals surface area contributed by atoms with Crippen molar-refractivity contribution in [3.05, 3.63) is 36.0 Å². The summed E-state index contributed by atoms with van der Waals surface area (Å²) in [6.45, 7) is 6.78. The van der Waals surface area contributed by atoms with Crippen LogP contribution in [0.25, 0.3) is 11.3 Å². The number of aromatic nitrogens is 3. The molecule has 0 spiro atoms. The van der Waals surface area contributed by atoms with E-state index >= 15 is 0 Å². The van der Waals surface area contributed by atoms with Crippen molar-refractivity contribution in [3.8, 4) is 11.3 Å². The third-order valence-electron chi connectivity index (χ3n) is 5.51. The first-order chi connectivity index (χ1) is 13.2. The molecule has 2 N–H and O–H groups in total. The van der Waals surface area contributed by atoms with Gasteiger partial charge in [0.05, 0.1) is 18.3 Å². The highest BCUT2D eigenvalue weighted by Gasteiger charge is 2.30. The third kappa shape index (κ3) is 4.20. The van der Waals surface area contributed by atoms with Crippen LogP contribution in [0.15, 0.2) is 30.5 Å². The molecule has 0 aliphatic carbocycles. The molecule has 1 aromatic heterocycles. The summed E-state index contributed by atoms with van der Waals surface area (Å²) >= 11 is 0. The van der Waals surface area contributed by atoms with Crippen molar-refractivity contribution in [3.63, 3.8) is 0 Å². The number of benzene rings is 1. The molecule has 2 aromatic rings. The molecule has 3 heterocycles. The Balaban J connectivity index is 1.38. The fourth-order valence-electron chi connectivity index (χ4n) is 3.98. The molecule has 0 saturated carbocycles. The molecule has 2 aliphatic heterocycles. The first kappa shape index (κ1) is 18.1. The first-order valence-electron chi connectivity index (χ1n) is 9.97. The molecule has 0 unspecified atom stereocenters. The van der Waals surface area contributed by atoms with Gasteiger partial charge in [-0.05, 0) is 44.8 Å². The van der Waals surface area contributed by atoms with Crippen LogP contribution in [0.4, 0.5) is 0 Å². The van der Waals surface area contributed by atoms with Crippen molar-refractivity contribution < 1.29 is 4.79 Å². The van der Waals surface area contributed by atoms with Crippen LogP contribution in [0.1, 0.15) is 37.8 Å². The highest BCUT2D eigenvalue weighted by molar-refractivity contribution is 5.82. The van der Waals surface area contributed by atoms with Crippen molar-refractivity contribution in [2.45, 2.75) is 44.8 Å². The zero-order valence-electron chi connectivity index (χ0n) is 15.9. The lowest BCUT2D eigenvalue weighted by Crippen LogP contribution is -2.40. The normalized spacial score (nSPS) is 23.0. The quantitative estimate of drug-likeness (QED) is 0.810. The van der Waals surface area contributed by atoms with Crippen LogP contribution in [0.5, 0.6) is 0 Å². The third-order valence-corrected chi connectivity index (χ3v) is 5.51. The van der Waals surface area contributed by atoms with E-state index in [0.717, 1.165) is 30.8 Å². The van der Waals surface area contributed by atoms with Gasteiger partial charge in [-0.1, -0.05) is 29.5 Å². The van der Waals surface area contributed by atoms with Crippen LogP contribution < -0.4 is 10.6 Å². The molecule has 27 heavy (non-hydrogen) atoms. The first-order valence-corrected chi connectivity index (χ1v) is 9.97. The van der Waals surface area contributed by atoms with E-state index in [1.807, 2.05) is 17.8 Å². The number of carbonyl (C=O) groups is 1. The number of nitrogens with one attached hydrogen (secondary N) is 2. The average molecular weight is 368 g/mol. The monoisotopic (exact) mass is 368 g/mol.